The van der Waals surface area contributed by atoms with Crippen molar-refractivity contribution >= 4 is 40.3 Å². The maximum atomic E-state index is 12.3. The van der Waals surface area contributed by atoms with Crippen molar-refractivity contribution in [1.82, 2.24) is 10.2 Å². The molecule has 1 saturated heterocycles. The smallest absolute Gasteiger partial charge is 0.255 e. The van der Waals surface area contributed by atoms with Crippen LogP contribution in [0, 0.1) is 3.57 Å². The Morgan fingerprint density at radius 1 is 1.26 bits per heavy atom. The highest BCUT2D eigenvalue weighted by molar-refractivity contribution is 14.1. The molecule has 1 aromatic carbocycles. The number of hydrogen-bond acceptors (Lipinski definition) is 3. The molecule has 98 valence electrons. The van der Waals surface area contributed by atoms with Crippen molar-refractivity contribution < 1.29 is 14.4 Å². The number of nitrogens with one attached hydrogen (secondary N) is 1. The molecule has 1 aromatic rings. The Kier molecular flexibility index (Phi) is 3.04. The third-order valence-electron chi connectivity index (χ3n) is 3.52. The average molecular weight is 370 g/mol. The maximum absolute atomic E-state index is 12.3. The highest BCUT2D eigenvalue weighted by Gasteiger charge is 2.39. The van der Waals surface area contributed by atoms with E-state index in [0.717, 1.165) is 9.13 Å². The second kappa shape index (κ2) is 4.59. The van der Waals surface area contributed by atoms with E-state index in [4.69, 9.17) is 0 Å². The standard InChI is InChI=1S/C13H11IN2O3/c14-9-3-1-2-7-8(9)6-16(13(7)19)10-4-5-11(17)15-12(10)18/h1-3,10H,4-6H2,(H,15,17,18)/t10-/m0/s1. The van der Waals surface area contributed by atoms with Gasteiger partial charge in [-0.1, -0.05) is 6.07 Å². The first-order valence-electron chi connectivity index (χ1n) is 6.00. The van der Waals surface area contributed by atoms with Crippen LogP contribution < -0.4 is 5.32 Å². The molecule has 2 aliphatic rings. The fourth-order valence-electron chi connectivity index (χ4n) is 2.55. The summed E-state index contributed by atoms with van der Waals surface area (Å²) < 4.78 is 1.03. The zero-order valence-electron chi connectivity index (χ0n) is 9.98. The lowest BCUT2D eigenvalue weighted by atomic mass is 10.0. The van der Waals surface area contributed by atoms with Crippen molar-refractivity contribution in [3.63, 3.8) is 0 Å². The maximum Gasteiger partial charge on any atom is 0.255 e. The summed E-state index contributed by atoms with van der Waals surface area (Å²) in [6.07, 6.45) is 0.689. The third-order valence-corrected chi connectivity index (χ3v) is 4.54. The van der Waals surface area contributed by atoms with Gasteiger partial charge in [-0.2, -0.15) is 0 Å². The topological polar surface area (TPSA) is 66.5 Å². The summed E-state index contributed by atoms with van der Waals surface area (Å²) in [6.45, 7) is 0.444. The summed E-state index contributed by atoms with van der Waals surface area (Å²) >= 11 is 2.19. The lowest BCUT2D eigenvalue weighted by Gasteiger charge is -2.29. The van der Waals surface area contributed by atoms with Gasteiger partial charge in [-0.25, -0.2) is 0 Å². The van der Waals surface area contributed by atoms with Crippen molar-refractivity contribution in [3.8, 4) is 0 Å². The molecule has 0 spiro atoms. The highest BCUT2D eigenvalue weighted by atomic mass is 127. The van der Waals surface area contributed by atoms with Crippen LogP contribution in [0.2, 0.25) is 0 Å². The minimum Gasteiger partial charge on any atom is -0.322 e. The molecule has 0 aliphatic carbocycles. The molecule has 6 heteroatoms. The number of hydrogen-bond donors (Lipinski definition) is 1. The van der Waals surface area contributed by atoms with E-state index >= 15 is 0 Å². The van der Waals surface area contributed by atoms with Gasteiger partial charge in [-0.15, -0.1) is 0 Å². The van der Waals surface area contributed by atoms with E-state index in [9.17, 15) is 14.4 Å². The van der Waals surface area contributed by atoms with Gasteiger partial charge < -0.3 is 4.90 Å². The summed E-state index contributed by atoms with van der Waals surface area (Å²) in [7, 11) is 0. The Morgan fingerprint density at radius 3 is 2.74 bits per heavy atom. The predicted octanol–water partition coefficient (Wildman–Crippen LogP) is 1.05. The van der Waals surface area contributed by atoms with Crippen LogP contribution in [0.25, 0.3) is 0 Å². The van der Waals surface area contributed by atoms with Gasteiger partial charge in [-0.3, -0.25) is 19.7 Å². The molecule has 1 atom stereocenters. The molecule has 1 fully saturated rings. The quantitative estimate of drug-likeness (QED) is 0.594. The predicted molar refractivity (Wildman–Crippen MR) is 75.2 cm³/mol. The number of benzene rings is 1. The minimum absolute atomic E-state index is 0.122. The van der Waals surface area contributed by atoms with Gasteiger partial charge in [0, 0.05) is 22.1 Å². The van der Waals surface area contributed by atoms with Crippen molar-refractivity contribution in [3.05, 3.63) is 32.9 Å². The number of imide groups is 1. The zero-order valence-corrected chi connectivity index (χ0v) is 12.1. The summed E-state index contributed by atoms with van der Waals surface area (Å²) in [4.78, 5) is 36.9. The van der Waals surface area contributed by atoms with E-state index < -0.39 is 6.04 Å². The van der Waals surface area contributed by atoms with Gasteiger partial charge in [0.25, 0.3) is 5.91 Å². The Hall–Kier alpha value is -1.44. The molecule has 1 N–H and O–H groups in total. The lowest BCUT2D eigenvalue weighted by Crippen LogP contribution is -2.52. The van der Waals surface area contributed by atoms with E-state index in [1.807, 2.05) is 12.1 Å². The normalized spacial score (nSPS) is 22.5. The molecule has 3 rings (SSSR count). The molecule has 5 nitrogen and oxygen atoms in total. The minimum atomic E-state index is -0.534. The number of carbonyl (C=O) groups excluding carboxylic acids is 3. The number of piperidine rings is 1. The number of fused-ring (bicyclic) bond motifs is 1. The second-order valence-corrected chi connectivity index (χ2v) is 5.83. The summed E-state index contributed by atoms with van der Waals surface area (Å²) in [5.74, 6) is -0.754. The zero-order chi connectivity index (χ0) is 13.6. The Bertz CT molecular complexity index is 600. The molecule has 2 aliphatic heterocycles. The monoisotopic (exact) mass is 370 g/mol. The second-order valence-electron chi connectivity index (χ2n) is 4.67. The number of nitrogens with zero attached hydrogens (tertiary/aromatic N) is 1. The Balaban J connectivity index is 1.90. The summed E-state index contributed by atoms with van der Waals surface area (Å²) in [5, 5.41) is 2.29. The van der Waals surface area contributed by atoms with Crippen molar-refractivity contribution in [2.24, 2.45) is 0 Å². The first kappa shape index (κ1) is 12.6. The van der Waals surface area contributed by atoms with Crippen LogP contribution in [0.5, 0.6) is 0 Å². The molecule has 0 aromatic heterocycles. The van der Waals surface area contributed by atoms with Gasteiger partial charge >= 0.3 is 0 Å². The van der Waals surface area contributed by atoms with E-state index in [1.165, 1.54) is 0 Å². The van der Waals surface area contributed by atoms with Crippen LogP contribution in [-0.2, 0) is 16.1 Å². The van der Waals surface area contributed by atoms with Gasteiger partial charge in [0.15, 0.2) is 0 Å². The average Bonchev–Trinajstić information content (AvgIpc) is 2.69. The first-order valence-corrected chi connectivity index (χ1v) is 7.08. The largest absolute Gasteiger partial charge is 0.322 e. The number of carbonyl (C=O) groups is 3. The molecule has 3 amide bonds. The molecular weight excluding hydrogens is 359 g/mol. The number of halogens is 1. The van der Waals surface area contributed by atoms with E-state index in [0.29, 0.717) is 18.5 Å². The summed E-state index contributed by atoms with van der Waals surface area (Å²) in [5.41, 5.74) is 1.63. The van der Waals surface area contributed by atoms with Crippen molar-refractivity contribution in [2.45, 2.75) is 25.4 Å². The van der Waals surface area contributed by atoms with E-state index in [2.05, 4.69) is 27.9 Å². The molecule has 0 unspecified atom stereocenters. The van der Waals surface area contributed by atoms with Crippen LogP contribution in [0.3, 0.4) is 0 Å². The van der Waals surface area contributed by atoms with Crippen LogP contribution >= 0.6 is 22.6 Å². The fraction of sp³-hybridized carbons (Fsp3) is 0.308. The number of rotatable bonds is 1. The van der Waals surface area contributed by atoms with Crippen molar-refractivity contribution in [2.75, 3.05) is 0 Å². The Labute approximate surface area is 123 Å². The van der Waals surface area contributed by atoms with E-state index in [-0.39, 0.29) is 24.1 Å². The molecule has 0 bridgehead atoms. The van der Waals surface area contributed by atoms with Gasteiger partial charge in [0.2, 0.25) is 11.8 Å². The van der Waals surface area contributed by atoms with Crippen LogP contribution in [0.1, 0.15) is 28.8 Å². The van der Waals surface area contributed by atoms with Gasteiger partial charge in [0.05, 0.1) is 0 Å². The lowest BCUT2D eigenvalue weighted by molar-refractivity contribution is -0.136. The molecule has 19 heavy (non-hydrogen) atoms. The van der Waals surface area contributed by atoms with Crippen LogP contribution in [0.4, 0.5) is 0 Å². The van der Waals surface area contributed by atoms with Crippen LogP contribution in [-0.4, -0.2) is 28.7 Å². The molecule has 0 radical (unpaired) electrons. The van der Waals surface area contributed by atoms with Crippen LogP contribution in [0.15, 0.2) is 18.2 Å². The Morgan fingerprint density at radius 2 is 2.05 bits per heavy atom. The first-order chi connectivity index (χ1) is 9.08. The molecular formula is C13H11IN2O3. The van der Waals surface area contributed by atoms with E-state index in [1.54, 1.807) is 11.0 Å². The highest BCUT2D eigenvalue weighted by Crippen LogP contribution is 2.30. The summed E-state index contributed by atoms with van der Waals surface area (Å²) in [6, 6.07) is 5.03. The van der Waals surface area contributed by atoms with Gasteiger partial charge in [-0.05, 0) is 46.7 Å². The van der Waals surface area contributed by atoms with Crippen molar-refractivity contribution in [1.29, 1.82) is 0 Å². The van der Waals surface area contributed by atoms with Gasteiger partial charge in [0.1, 0.15) is 6.04 Å². The number of amides is 3. The third kappa shape index (κ3) is 2.03. The molecule has 2 heterocycles. The molecule has 0 saturated carbocycles. The fourth-order valence-corrected chi connectivity index (χ4v) is 3.22. The SMILES string of the molecule is O=C1CC[C@H](N2Cc3c(I)cccc3C2=O)C(=O)N1.